The number of hydrogen-bond acceptors (Lipinski definition) is 4. The number of nitrogens with zero attached hydrogens (tertiary/aromatic N) is 1. The number of imide groups is 1. The molecule has 4 nitrogen and oxygen atoms in total. The van der Waals surface area contributed by atoms with E-state index in [1.54, 1.807) is 0 Å². The van der Waals surface area contributed by atoms with Crippen LogP contribution in [-0.4, -0.2) is 47.1 Å². The number of rotatable bonds is 1. The number of piperidine rings is 1. The van der Waals surface area contributed by atoms with Crippen molar-refractivity contribution in [2.45, 2.75) is 18.6 Å². The van der Waals surface area contributed by atoms with Crippen LogP contribution in [0.4, 0.5) is 9.18 Å². The number of carbonyl (C=O) groups is 2. The van der Waals surface area contributed by atoms with E-state index in [2.05, 4.69) is 5.32 Å². The first kappa shape index (κ1) is 9.92. The maximum Gasteiger partial charge on any atom is 0.289 e. The van der Waals surface area contributed by atoms with E-state index in [0.29, 0.717) is 13.0 Å². The molecule has 2 saturated heterocycles. The molecule has 2 amide bonds. The summed E-state index contributed by atoms with van der Waals surface area (Å²) >= 11 is 0.960. The van der Waals surface area contributed by atoms with Crippen molar-refractivity contribution in [3.05, 3.63) is 0 Å². The van der Waals surface area contributed by atoms with Crippen molar-refractivity contribution in [1.82, 2.24) is 10.2 Å². The van der Waals surface area contributed by atoms with Crippen LogP contribution in [-0.2, 0) is 4.79 Å². The van der Waals surface area contributed by atoms with E-state index in [4.69, 9.17) is 0 Å². The highest BCUT2D eigenvalue weighted by molar-refractivity contribution is 8.14. The molecule has 0 aromatic carbocycles. The Morgan fingerprint density at radius 2 is 2.29 bits per heavy atom. The molecule has 0 aromatic heterocycles. The van der Waals surface area contributed by atoms with Gasteiger partial charge in [0.05, 0.1) is 11.8 Å². The van der Waals surface area contributed by atoms with Crippen LogP contribution >= 0.6 is 11.8 Å². The molecular weight excluding hydrogens is 207 g/mol. The molecule has 2 unspecified atom stereocenters. The van der Waals surface area contributed by atoms with Gasteiger partial charge in [-0.05, 0) is 13.0 Å². The lowest BCUT2D eigenvalue weighted by Gasteiger charge is -2.32. The third-order valence-corrected chi connectivity index (χ3v) is 3.32. The number of carbonyl (C=O) groups excluding carboxylic acids is 2. The number of amides is 2. The Morgan fingerprint density at radius 3 is 2.86 bits per heavy atom. The van der Waals surface area contributed by atoms with Crippen molar-refractivity contribution in [2.75, 3.05) is 18.8 Å². The molecule has 0 aliphatic carbocycles. The molecule has 6 heteroatoms. The number of alkyl halides is 1. The summed E-state index contributed by atoms with van der Waals surface area (Å²) in [6.07, 6.45) is -0.616. The van der Waals surface area contributed by atoms with Crippen molar-refractivity contribution in [1.29, 1.82) is 0 Å². The minimum atomic E-state index is -1.13. The largest absolute Gasteiger partial charge is 0.314 e. The zero-order chi connectivity index (χ0) is 10.1. The molecule has 0 radical (unpaired) electrons. The van der Waals surface area contributed by atoms with Gasteiger partial charge in [-0.3, -0.25) is 14.5 Å². The lowest BCUT2D eigenvalue weighted by Crippen LogP contribution is -2.52. The van der Waals surface area contributed by atoms with Crippen LogP contribution in [0.3, 0.4) is 0 Å². The molecule has 0 aromatic rings. The summed E-state index contributed by atoms with van der Waals surface area (Å²) < 4.78 is 13.4. The van der Waals surface area contributed by atoms with Crippen molar-refractivity contribution >= 4 is 22.9 Å². The summed E-state index contributed by atoms with van der Waals surface area (Å²) in [4.78, 5) is 23.7. The zero-order valence-corrected chi connectivity index (χ0v) is 8.35. The van der Waals surface area contributed by atoms with Gasteiger partial charge >= 0.3 is 0 Å². The first-order chi connectivity index (χ1) is 6.70. The molecule has 0 bridgehead atoms. The van der Waals surface area contributed by atoms with Crippen LogP contribution in [0.5, 0.6) is 0 Å². The van der Waals surface area contributed by atoms with Crippen LogP contribution in [0.25, 0.3) is 0 Å². The number of nitrogens with one attached hydrogen (secondary N) is 1. The SMILES string of the molecule is O=C1CSC(=O)N1C1CCNCC1F. The predicted octanol–water partition coefficient (Wildman–Crippen LogP) is 0.382. The quantitative estimate of drug-likeness (QED) is 0.691. The first-order valence-electron chi connectivity index (χ1n) is 4.54. The Labute approximate surface area is 85.2 Å². The van der Waals surface area contributed by atoms with Crippen molar-refractivity contribution < 1.29 is 14.0 Å². The van der Waals surface area contributed by atoms with Crippen LogP contribution in [0.15, 0.2) is 0 Å². The lowest BCUT2D eigenvalue weighted by molar-refractivity contribution is -0.127. The van der Waals surface area contributed by atoms with Gasteiger partial charge in [0.15, 0.2) is 0 Å². The fraction of sp³-hybridized carbons (Fsp3) is 0.750. The second-order valence-electron chi connectivity index (χ2n) is 3.39. The highest BCUT2D eigenvalue weighted by Crippen LogP contribution is 2.26. The molecule has 0 spiro atoms. The molecule has 2 rings (SSSR count). The highest BCUT2D eigenvalue weighted by atomic mass is 32.2. The second kappa shape index (κ2) is 3.86. The van der Waals surface area contributed by atoms with E-state index in [9.17, 15) is 14.0 Å². The van der Waals surface area contributed by atoms with Gasteiger partial charge in [-0.15, -0.1) is 0 Å². The summed E-state index contributed by atoms with van der Waals surface area (Å²) in [5.41, 5.74) is 0. The van der Waals surface area contributed by atoms with Gasteiger partial charge in [-0.1, -0.05) is 11.8 Å². The van der Waals surface area contributed by atoms with E-state index in [0.717, 1.165) is 16.7 Å². The molecule has 2 heterocycles. The van der Waals surface area contributed by atoms with Crippen LogP contribution in [0.2, 0.25) is 0 Å². The second-order valence-corrected chi connectivity index (χ2v) is 4.32. The molecule has 2 aliphatic rings. The minimum absolute atomic E-state index is 0.162. The summed E-state index contributed by atoms with van der Waals surface area (Å²) in [5.74, 6) is -0.0929. The van der Waals surface area contributed by atoms with Crippen molar-refractivity contribution in [3.63, 3.8) is 0 Å². The number of hydrogen-bond donors (Lipinski definition) is 1. The lowest BCUT2D eigenvalue weighted by atomic mass is 10.0. The third kappa shape index (κ3) is 1.64. The number of halogens is 1. The van der Waals surface area contributed by atoms with Gasteiger partial charge in [0, 0.05) is 6.54 Å². The standard InChI is InChI=1S/C8H11FN2O2S/c9-5-3-10-2-1-6(5)11-7(12)4-14-8(11)13/h5-6,10H,1-4H2. The topological polar surface area (TPSA) is 49.4 Å². The normalized spacial score (nSPS) is 33.9. The van der Waals surface area contributed by atoms with Crippen LogP contribution < -0.4 is 5.32 Å². The average Bonchev–Trinajstić information content (AvgIpc) is 2.48. The van der Waals surface area contributed by atoms with Crippen molar-refractivity contribution in [3.8, 4) is 0 Å². The Balaban J connectivity index is 2.12. The fourth-order valence-electron chi connectivity index (χ4n) is 1.78. The van der Waals surface area contributed by atoms with Gasteiger partial charge in [0.2, 0.25) is 5.91 Å². The Hall–Kier alpha value is -0.620. The molecule has 2 fully saturated rings. The molecule has 1 N–H and O–H groups in total. The van der Waals surface area contributed by atoms with Gasteiger partial charge in [-0.2, -0.15) is 0 Å². The van der Waals surface area contributed by atoms with E-state index in [1.165, 1.54) is 0 Å². The van der Waals surface area contributed by atoms with Gasteiger partial charge < -0.3 is 5.32 Å². The fourth-order valence-corrected chi connectivity index (χ4v) is 2.54. The van der Waals surface area contributed by atoms with E-state index in [1.807, 2.05) is 0 Å². The number of thioether (sulfide) groups is 1. The summed E-state index contributed by atoms with van der Waals surface area (Å²) in [7, 11) is 0. The molecule has 2 atom stereocenters. The summed E-state index contributed by atoms with van der Waals surface area (Å²) in [6, 6.07) is -0.550. The predicted molar refractivity (Wildman–Crippen MR) is 50.9 cm³/mol. The monoisotopic (exact) mass is 218 g/mol. The van der Waals surface area contributed by atoms with Crippen LogP contribution in [0.1, 0.15) is 6.42 Å². The summed E-state index contributed by atoms with van der Waals surface area (Å²) in [6.45, 7) is 0.888. The molecule has 14 heavy (non-hydrogen) atoms. The molecule has 0 saturated carbocycles. The average molecular weight is 218 g/mol. The molecule has 78 valence electrons. The van der Waals surface area contributed by atoms with Gasteiger partial charge in [0.1, 0.15) is 6.17 Å². The maximum atomic E-state index is 13.4. The highest BCUT2D eigenvalue weighted by Gasteiger charge is 2.40. The summed E-state index contributed by atoms with van der Waals surface area (Å²) in [5, 5.41) is 2.59. The molecular formula is C8H11FN2O2S. The Bertz CT molecular complexity index is 258. The van der Waals surface area contributed by atoms with E-state index >= 15 is 0 Å². The van der Waals surface area contributed by atoms with E-state index < -0.39 is 12.2 Å². The maximum absolute atomic E-state index is 13.4. The van der Waals surface area contributed by atoms with Gasteiger partial charge in [-0.25, -0.2) is 4.39 Å². The third-order valence-electron chi connectivity index (χ3n) is 2.49. The minimum Gasteiger partial charge on any atom is -0.314 e. The molecule has 2 aliphatic heterocycles. The first-order valence-corrected chi connectivity index (χ1v) is 5.52. The smallest absolute Gasteiger partial charge is 0.289 e. The van der Waals surface area contributed by atoms with Crippen molar-refractivity contribution in [2.24, 2.45) is 0 Å². The Morgan fingerprint density at radius 1 is 1.50 bits per heavy atom. The zero-order valence-electron chi connectivity index (χ0n) is 7.53. The van der Waals surface area contributed by atoms with Crippen LogP contribution in [0, 0.1) is 0 Å². The Kier molecular flexibility index (Phi) is 2.73. The van der Waals surface area contributed by atoms with Gasteiger partial charge in [0.25, 0.3) is 5.24 Å². The van der Waals surface area contributed by atoms with E-state index in [-0.39, 0.29) is 23.4 Å².